The number of hydrogen-bond acceptors (Lipinski definition) is 3. The Balaban J connectivity index is 2.06. The van der Waals surface area contributed by atoms with Crippen LogP contribution in [0.1, 0.15) is 19.4 Å². The summed E-state index contributed by atoms with van der Waals surface area (Å²) in [6.45, 7) is 8.50. The molecule has 1 aliphatic rings. The summed E-state index contributed by atoms with van der Waals surface area (Å²) < 4.78 is 0. The molecule has 0 spiro atoms. The maximum absolute atomic E-state index is 5.90. The molecule has 1 unspecified atom stereocenters. The van der Waals surface area contributed by atoms with Gasteiger partial charge in [0, 0.05) is 37.8 Å². The molecular formula is C15H25N3. The lowest BCUT2D eigenvalue weighted by atomic mass is 9.95. The minimum absolute atomic E-state index is 0.192. The number of piperazine rings is 1. The van der Waals surface area contributed by atoms with Crippen molar-refractivity contribution in [3.8, 4) is 0 Å². The minimum atomic E-state index is 0.192. The molecule has 1 fully saturated rings. The van der Waals surface area contributed by atoms with Crippen LogP contribution in [0.5, 0.6) is 0 Å². The average Bonchev–Trinajstić information content (AvgIpc) is 2.34. The number of likely N-dealkylation sites (N-methyl/N-ethyl adjacent to an activating group) is 1. The van der Waals surface area contributed by atoms with E-state index in [4.69, 9.17) is 5.73 Å². The van der Waals surface area contributed by atoms with Crippen molar-refractivity contribution >= 4 is 0 Å². The van der Waals surface area contributed by atoms with Crippen molar-refractivity contribution in [1.29, 1.82) is 0 Å². The van der Waals surface area contributed by atoms with Crippen molar-refractivity contribution in [2.45, 2.75) is 32.0 Å². The summed E-state index contributed by atoms with van der Waals surface area (Å²) in [5.41, 5.74) is 7.48. The summed E-state index contributed by atoms with van der Waals surface area (Å²) >= 11 is 0. The summed E-state index contributed by atoms with van der Waals surface area (Å²) in [5.74, 6) is 0. The van der Waals surface area contributed by atoms with Crippen molar-refractivity contribution in [3.63, 3.8) is 0 Å². The molecule has 100 valence electrons. The Morgan fingerprint density at radius 1 is 1.28 bits per heavy atom. The Morgan fingerprint density at radius 2 is 1.94 bits per heavy atom. The molecule has 3 nitrogen and oxygen atoms in total. The second-order valence-corrected chi connectivity index (χ2v) is 5.97. The molecule has 1 heterocycles. The van der Waals surface area contributed by atoms with Crippen molar-refractivity contribution in [3.05, 3.63) is 35.9 Å². The molecule has 1 aromatic rings. The molecule has 0 bridgehead atoms. The second-order valence-electron chi connectivity index (χ2n) is 5.97. The fourth-order valence-corrected chi connectivity index (χ4v) is 2.83. The first kappa shape index (κ1) is 13.5. The first-order valence-corrected chi connectivity index (χ1v) is 6.72. The van der Waals surface area contributed by atoms with E-state index in [0.29, 0.717) is 6.04 Å². The van der Waals surface area contributed by atoms with Crippen LogP contribution in [0.4, 0.5) is 0 Å². The van der Waals surface area contributed by atoms with Crippen LogP contribution >= 0.6 is 0 Å². The van der Waals surface area contributed by atoms with Gasteiger partial charge in [-0.2, -0.15) is 0 Å². The molecule has 2 N–H and O–H groups in total. The van der Waals surface area contributed by atoms with Gasteiger partial charge < -0.3 is 5.73 Å². The lowest BCUT2D eigenvalue weighted by Crippen LogP contribution is -2.63. The number of benzene rings is 1. The molecule has 0 amide bonds. The van der Waals surface area contributed by atoms with E-state index in [9.17, 15) is 0 Å². The van der Waals surface area contributed by atoms with E-state index in [1.54, 1.807) is 0 Å². The van der Waals surface area contributed by atoms with E-state index in [2.05, 4.69) is 61.0 Å². The summed E-state index contributed by atoms with van der Waals surface area (Å²) in [5, 5.41) is 0. The SMILES string of the molecule is CN1C(CN)CN(Cc2ccccc2)CC1(C)C. The molecule has 1 aromatic carbocycles. The van der Waals surface area contributed by atoms with Gasteiger partial charge in [0.2, 0.25) is 0 Å². The predicted molar refractivity (Wildman–Crippen MR) is 76.4 cm³/mol. The quantitative estimate of drug-likeness (QED) is 0.879. The topological polar surface area (TPSA) is 32.5 Å². The van der Waals surface area contributed by atoms with Crippen molar-refractivity contribution in [2.75, 3.05) is 26.7 Å². The Bertz CT molecular complexity index is 375. The third-order valence-corrected chi connectivity index (χ3v) is 4.10. The maximum atomic E-state index is 5.90. The molecule has 1 aliphatic heterocycles. The van der Waals surface area contributed by atoms with E-state index in [1.165, 1.54) is 5.56 Å². The molecular weight excluding hydrogens is 222 g/mol. The average molecular weight is 247 g/mol. The number of nitrogens with two attached hydrogens (primary N) is 1. The molecule has 1 saturated heterocycles. The highest BCUT2D eigenvalue weighted by Gasteiger charge is 2.36. The molecule has 2 rings (SSSR count). The largest absolute Gasteiger partial charge is 0.329 e. The van der Waals surface area contributed by atoms with E-state index in [0.717, 1.165) is 26.2 Å². The zero-order valence-corrected chi connectivity index (χ0v) is 11.8. The normalized spacial score (nSPS) is 25.2. The highest BCUT2D eigenvalue weighted by Crippen LogP contribution is 2.24. The Morgan fingerprint density at radius 3 is 2.56 bits per heavy atom. The molecule has 0 radical (unpaired) electrons. The maximum Gasteiger partial charge on any atom is 0.0348 e. The molecule has 3 heteroatoms. The number of hydrogen-bond donors (Lipinski definition) is 1. The Labute approximate surface area is 111 Å². The van der Waals surface area contributed by atoms with Crippen molar-refractivity contribution < 1.29 is 0 Å². The van der Waals surface area contributed by atoms with Gasteiger partial charge in [0.1, 0.15) is 0 Å². The fourth-order valence-electron chi connectivity index (χ4n) is 2.83. The summed E-state index contributed by atoms with van der Waals surface area (Å²) in [6, 6.07) is 11.1. The van der Waals surface area contributed by atoms with Gasteiger partial charge in [-0.15, -0.1) is 0 Å². The van der Waals surface area contributed by atoms with Gasteiger partial charge in [-0.05, 0) is 26.5 Å². The van der Waals surface area contributed by atoms with Crippen LogP contribution in [-0.2, 0) is 6.54 Å². The van der Waals surface area contributed by atoms with Crippen LogP contribution in [-0.4, -0.2) is 48.1 Å². The molecule has 0 aliphatic carbocycles. The number of rotatable bonds is 3. The van der Waals surface area contributed by atoms with Gasteiger partial charge in [-0.25, -0.2) is 0 Å². The third-order valence-electron chi connectivity index (χ3n) is 4.10. The Kier molecular flexibility index (Phi) is 4.05. The van der Waals surface area contributed by atoms with Crippen LogP contribution < -0.4 is 5.73 Å². The first-order valence-electron chi connectivity index (χ1n) is 6.72. The van der Waals surface area contributed by atoms with Gasteiger partial charge in [0.25, 0.3) is 0 Å². The lowest BCUT2D eigenvalue weighted by Gasteiger charge is -2.50. The summed E-state index contributed by atoms with van der Waals surface area (Å²) in [7, 11) is 2.19. The molecule has 1 atom stereocenters. The minimum Gasteiger partial charge on any atom is -0.329 e. The van der Waals surface area contributed by atoms with E-state index in [-0.39, 0.29) is 5.54 Å². The van der Waals surface area contributed by atoms with E-state index in [1.807, 2.05) is 0 Å². The van der Waals surface area contributed by atoms with Crippen LogP contribution in [0, 0.1) is 0 Å². The third kappa shape index (κ3) is 2.91. The van der Waals surface area contributed by atoms with Crippen LogP contribution in [0.3, 0.4) is 0 Å². The van der Waals surface area contributed by atoms with Crippen molar-refractivity contribution in [2.24, 2.45) is 5.73 Å². The van der Waals surface area contributed by atoms with Gasteiger partial charge in [0.05, 0.1) is 0 Å². The first-order chi connectivity index (χ1) is 8.53. The predicted octanol–water partition coefficient (Wildman–Crippen LogP) is 1.54. The van der Waals surface area contributed by atoms with E-state index >= 15 is 0 Å². The molecule has 18 heavy (non-hydrogen) atoms. The van der Waals surface area contributed by atoms with Gasteiger partial charge >= 0.3 is 0 Å². The zero-order valence-electron chi connectivity index (χ0n) is 11.8. The van der Waals surface area contributed by atoms with Crippen molar-refractivity contribution in [1.82, 2.24) is 9.80 Å². The second kappa shape index (κ2) is 5.39. The summed E-state index contributed by atoms with van der Waals surface area (Å²) in [6.07, 6.45) is 0. The van der Waals surface area contributed by atoms with Crippen LogP contribution in [0.2, 0.25) is 0 Å². The smallest absolute Gasteiger partial charge is 0.0348 e. The zero-order chi connectivity index (χ0) is 13.2. The molecule has 0 aromatic heterocycles. The molecule has 0 saturated carbocycles. The highest BCUT2D eigenvalue weighted by atomic mass is 15.3. The highest BCUT2D eigenvalue weighted by molar-refractivity contribution is 5.15. The van der Waals surface area contributed by atoms with Crippen LogP contribution in [0.15, 0.2) is 30.3 Å². The lowest BCUT2D eigenvalue weighted by molar-refractivity contribution is -0.00627. The monoisotopic (exact) mass is 247 g/mol. The van der Waals surface area contributed by atoms with E-state index < -0.39 is 0 Å². The summed E-state index contributed by atoms with van der Waals surface area (Å²) in [4.78, 5) is 4.95. The van der Waals surface area contributed by atoms with Gasteiger partial charge in [-0.1, -0.05) is 30.3 Å². The van der Waals surface area contributed by atoms with Gasteiger partial charge in [0.15, 0.2) is 0 Å². The number of nitrogens with zero attached hydrogens (tertiary/aromatic N) is 2. The van der Waals surface area contributed by atoms with Crippen LogP contribution in [0.25, 0.3) is 0 Å². The standard InChI is InChI=1S/C15H25N3/c1-15(2)12-18(11-14(9-16)17(15)3)10-13-7-5-4-6-8-13/h4-8,14H,9-12,16H2,1-3H3. The fraction of sp³-hybridized carbons (Fsp3) is 0.600. The van der Waals surface area contributed by atoms with Gasteiger partial charge in [-0.3, -0.25) is 9.80 Å². The Hall–Kier alpha value is -0.900.